The second-order valence-electron chi connectivity index (χ2n) is 14.1. The molecule has 0 N–H and O–H groups in total. The molecule has 0 nitrogen and oxygen atoms in total. The molecule has 1 atom stereocenters. The van der Waals surface area contributed by atoms with Crippen LogP contribution in [0, 0.1) is 19.1 Å². The maximum atomic E-state index is 5.99. The van der Waals surface area contributed by atoms with Crippen LogP contribution in [0.15, 0.2) is 157 Å². The first-order chi connectivity index (χ1) is 26.3. The van der Waals surface area contributed by atoms with Crippen LogP contribution in [0.1, 0.15) is 61.8 Å². The number of halogens is 4. The quantitative estimate of drug-likeness (QED) is 0.129. The average Bonchev–Trinajstić information content (AvgIpc) is 3.87. The summed E-state index contributed by atoms with van der Waals surface area (Å²) >= 11 is 13.4. The molecular formula is C51H48Cl4Zr. The van der Waals surface area contributed by atoms with Crippen LogP contribution in [0.4, 0.5) is 0 Å². The number of benzene rings is 5. The van der Waals surface area contributed by atoms with E-state index in [-0.39, 0.29) is 30.2 Å². The summed E-state index contributed by atoms with van der Waals surface area (Å²) in [4.78, 5) is 0. The van der Waals surface area contributed by atoms with E-state index in [1.165, 1.54) is 101 Å². The van der Waals surface area contributed by atoms with Crippen molar-refractivity contribution in [1.82, 2.24) is 0 Å². The van der Waals surface area contributed by atoms with Gasteiger partial charge in [-0.25, -0.2) is 12.2 Å². The third kappa shape index (κ3) is 11.7. The molecule has 5 heteroatoms. The van der Waals surface area contributed by atoms with Crippen molar-refractivity contribution < 1.29 is 24.2 Å². The molecule has 5 aromatic rings. The Hall–Kier alpha value is -3.29. The summed E-state index contributed by atoms with van der Waals surface area (Å²) < 4.78 is 1.49. The van der Waals surface area contributed by atoms with E-state index in [2.05, 4.69) is 136 Å². The normalized spacial score (nSPS) is 15.6. The predicted molar refractivity (Wildman–Crippen MR) is 243 cm³/mol. The number of hydrogen-bond donors (Lipinski definition) is 0. The number of hydrogen-bond acceptors (Lipinski definition) is 0. The van der Waals surface area contributed by atoms with E-state index < -0.39 is 0 Å². The second-order valence-corrected chi connectivity index (χ2v) is 16.8. The third-order valence-corrected chi connectivity index (χ3v) is 11.5. The summed E-state index contributed by atoms with van der Waals surface area (Å²) in [5, 5.41) is 4.26. The molecule has 56 heavy (non-hydrogen) atoms. The molecule has 0 bridgehead atoms. The second kappa shape index (κ2) is 22.0. The summed E-state index contributed by atoms with van der Waals surface area (Å²) in [7, 11) is 0. The number of fused-ring (bicyclic) bond motifs is 2. The van der Waals surface area contributed by atoms with Crippen molar-refractivity contribution in [2.24, 2.45) is 0 Å². The molecule has 3 aliphatic rings. The van der Waals surface area contributed by atoms with Crippen molar-refractivity contribution in [3.8, 4) is 11.1 Å². The zero-order valence-electron chi connectivity index (χ0n) is 32.2. The number of rotatable bonds is 9. The molecule has 0 aromatic heterocycles. The van der Waals surface area contributed by atoms with E-state index in [0.29, 0.717) is 0 Å². The summed E-state index contributed by atoms with van der Waals surface area (Å²) in [6.07, 6.45) is 24.3. The average molecular weight is 894 g/mol. The Labute approximate surface area is 371 Å². The van der Waals surface area contributed by atoms with E-state index in [1.807, 2.05) is 48.6 Å². The van der Waals surface area contributed by atoms with Gasteiger partial charge in [0.1, 0.15) is 0 Å². The Morgan fingerprint density at radius 3 is 1.91 bits per heavy atom. The maximum Gasteiger partial charge on any atom is -0.109 e. The number of unbranched alkanes of at least 4 members (excludes halogenated alkanes) is 1. The van der Waals surface area contributed by atoms with E-state index in [4.69, 9.17) is 23.2 Å². The van der Waals surface area contributed by atoms with Gasteiger partial charge in [0.25, 0.3) is 0 Å². The van der Waals surface area contributed by atoms with Gasteiger partial charge in [0, 0.05) is 0 Å². The molecule has 0 heterocycles. The fourth-order valence-electron chi connectivity index (χ4n) is 7.37. The van der Waals surface area contributed by atoms with Gasteiger partial charge in [-0.3, -0.25) is 6.08 Å². The molecule has 0 fully saturated rings. The van der Waals surface area contributed by atoms with Gasteiger partial charge in [0.05, 0.1) is 0 Å². The smallest absolute Gasteiger partial charge is 0.109 e. The Morgan fingerprint density at radius 1 is 0.750 bits per heavy atom. The van der Waals surface area contributed by atoms with Crippen LogP contribution in [-0.2, 0) is 42.5 Å². The predicted octanol–water partition coefficient (Wildman–Crippen LogP) is 13.1. The van der Waals surface area contributed by atoms with Gasteiger partial charge in [0.2, 0.25) is 0 Å². The van der Waals surface area contributed by atoms with Crippen molar-refractivity contribution in [1.29, 1.82) is 0 Å². The Balaban J connectivity index is 0.000000236. The van der Waals surface area contributed by atoms with Crippen LogP contribution < -0.4 is 10.4 Å². The van der Waals surface area contributed by atoms with Crippen LogP contribution in [-0.4, -0.2) is 3.21 Å². The van der Waals surface area contributed by atoms with Gasteiger partial charge in [-0.15, -0.1) is 42.9 Å². The zero-order valence-corrected chi connectivity index (χ0v) is 37.9. The standard InChI is InChI=1S/C31H29.C15H12Cl2.C5H5.2ClH.Zr/c1-4-5-16-31(27-14-10-7-11-15-27)21-26-19-25-20-28(24-12-8-6-9-13-24)22(2)17-29(25)30(26)18-23(31)3;16-14-8-2-6-12(10-14)4-1-5-13-7-3-9-15(17)11-13;1-2-4-5-3-1;;;/h6-15,17-20H,4-5,16H2,1-3H3;2-3,6-11H,4-5H2;1-3H,4H2;2*1H;/q-1;;-1;;;+2. The summed E-state index contributed by atoms with van der Waals surface area (Å²) in [5.41, 5.74) is 11.7. The molecule has 284 valence electrons. The molecule has 3 aliphatic carbocycles. The van der Waals surface area contributed by atoms with Crippen molar-refractivity contribution in [3.63, 3.8) is 0 Å². The van der Waals surface area contributed by atoms with Crippen molar-refractivity contribution in [2.75, 3.05) is 0 Å². The summed E-state index contributed by atoms with van der Waals surface area (Å²) in [5.74, 6) is 0. The van der Waals surface area contributed by atoms with Gasteiger partial charge in [-0.2, -0.15) is 23.8 Å². The van der Waals surface area contributed by atoms with Gasteiger partial charge < -0.3 is 0 Å². The van der Waals surface area contributed by atoms with Crippen LogP contribution >= 0.6 is 48.0 Å². The van der Waals surface area contributed by atoms with E-state index >= 15 is 0 Å². The first-order valence-corrected chi connectivity index (χ1v) is 20.8. The van der Waals surface area contributed by atoms with Crippen molar-refractivity contribution in [3.05, 3.63) is 212 Å². The molecule has 0 aliphatic heterocycles. The summed E-state index contributed by atoms with van der Waals surface area (Å²) in [6, 6.07) is 42.5. The summed E-state index contributed by atoms with van der Waals surface area (Å²) in [6.45, 7) is 6.79. The van der Waals surface area contributed by atoms with Crippen molar-refractivity contribution >= 4 is 62.9 Å². The first kappa shape index (κ1) is 45.4. The van der Waals surface area contributed by atoms with E-state index in [9.17, 15) is 0 Å². The molecule has 1 unspecified atom stereocenters. The maximum absolute atomic E-state index is 5.99. The topological polar surface area (TPSA) is 0 Å². The molecule has 8 rings (SSSR count). The minimum atomic E-state index is -0.133. The Bertz CT molecular complexity index is 2290. The first-order valence-electron chi connectivity index (χ1n) is 18.8. The SMILES string of the molecule is CCCCC1(c2ccccc2)[C-]=C2C=c3cc(-c4ccccc4)c(C)cc3=C2C=C1C.Cl.Cl.Clc1cccc(C[C](=[Zr+2])Cc2cccc(Cl)c2)c1.[C-]1=CC=CC1. The molecular weight excluding hydrogens is 846 g/mol. The van der Waals surface area contributed by atoms with Crippen LogP contribution in [0.5, 0.6) is 0 Å². The number of allylic oxidation sites excluding steroid dienone is 8. The fourth-order valence-corrected chi connectivity index (χ4v) is 8.80. The minimum absolute atomic E-state index is 0. The largest absolute Gasteiger partial charge is 0.273 e. The van der Waals surface area contributed by atoms with Gasteiger partial charge in [-0.1, -0.05) is 109 Å². The molecule has 0 amide bonds. The zero-order chi connectivity index (χ0) is 37.9. The minimum Gasteiger partial charge on any atom is -0.273 e. The van der Waals surface area contributed by atoms with Crippen molar-refractivity contribution in [2.45, 2.75) is 64.7 Å². The Kier molecular flexibility index (Phi) is 17.9. The van der Waals surface area contributed by atoms with Crippen LogP contribution in [0.25, 0.3) is 22.8 Å². The van der Waals surface area contributed by atoms with Crippen LogP contribution in [0.2, 0.25) is 10.0 Å². The number of aryl methyl sites for hydroxylation is 1. The monoisotopic (exact) mass is 890 g/mol. The van der Waals surface area contributed by atoms with Crippen LogP contribution in [0.3, 0.4) is 0 Å². The molecule has 0 radical (unpaired) electrons. The van der Waals surface area contributed by atoms with Gasteiger partial charge >= 0.3 is 133 Å². The third-order valence-electron chi connectivity index (χ3n) is 10.1. The van der Waals surface area contributed by atoms with E-state index in [1.54, 1.807) is 0 Å². The molecule has 0 saturated carbocycles. The van der Waals surface area contributed by atoms with Gasteiger partial charge in [-0.05, 0) is 47.9 Å². The Morgan fingerprint density at radius 2 is 1.38 bits per heavy atom. The van der Waals surface area contributed by atoms with E-state index in [0.717, 1.165) is 35.7 Å². The fraction of sp³-hybridized carbons (Fsp3) is 0.196. The van der Waals surface area contributed by atoms with Gasteiger partial charge in [0.15, 0.2) is 0 Å². The molecule has 0 saturated heterocycles. The molecule has 0 spiro atoms. The molecule has 5 aromatic carbocycles.